The lowest BCUT2D eigenvalue weighted by molar-refractivity contribution is 0.0698. The number of anilines is 4. The number of hydrogen-bond acceptors (Lipinski definition) is 7. The Morgan fingerprint density at radius 1 is 1.15 bits per heavy atom. The van der Waals surface area contributed by atoms with Crippen LogP contribution in [0.5, 0.6) is 0 Å². The number of carbonyl (C=O) groups is 1. The van der Waals surface area contributed by atoms with Gasteiger partial charge in [-0.1, -0.05) is 26.2 Å². The van der Waals surface area contributed by atoms with Crippen LogP contribution in [0.15, 0.2) is 30.5 Å². The van der Waals surface area contributed by atoms with Gasteiger partial charge in [0.1, 0.15) is 11.9 Å². The fourth-order valence-corrected chi connectivity index (χ4v) is 4.67. The van der Waals surface area contributed by atoms with Crippen molar-refractivity contribution >= 4 is 28.8 Å². The molecule has 2 aromatic rings. The zero-order valence-corrected chi connectivity index (χ0v) is 19.2. The number of carboxylic acid groups (broad SMARTS) is 1. The summed E-state index contributed by atoms with van der Waals surface area (Å²) in [6.45, 7) is 6.91. The standard InChI is InChI=1S/C25H32N6O2/c1-2-30-10-12-31(13-11-30)20-8-9-22(21(14-20)25(32)33)29-24-15-23(18(16-26)17-27-24)28-19-6-4-3-5-7-19/h8-9,14-15,17,19H,2-7,10-13H2,1H3,(H,32,33)(H2,27,28,29). The van der Waals surface area contributed by atoms with Gasteiger partial charge in [0.25, 0.3) is 0 Å². The number of aromatic nitrogens is 1. The number of carboxylic acids is 1. The first-order valence-electron chi connectivity index (χ1n) is 11.9. The molecule has 0 atom stereocenters. The smallest absolute Gasteiger partial charge is 0.337 e. The molecule has 174 valence electrons. The molecule has 1 saturated carbocycles. The van der Waals surface area contributed by atoms with Gasteiger partial charge < -0.3 is 25.5 Å². The van der Waals surface area contributed by atoms with E-state index in [1.54, 1.807) is 18.2 Å². The Kier molecular flexibility index (Phi) is 7.30. The van der Waals surface area contributed by atoms with Crippen molar-refractivity contribution in [2.24, 2.45) is 0 Å². The number of piperazine rings is 1. The average Bonchev–Trinajstić information content (AvgIpc) is 2.85. The van der Waals surface area contributed by atoms with Crippen molar-refractivity contribution in [2.75, 3.05) is 48.3 Å². The van der Waals surface area contributed by atoms with Crippen molar-refractivity contribution in [3.05, 3.63) is 41.6 Å². The van der Waals surface area contributed by atoms with Crippen LogP contribution in [0.2, 0.25) is 0 Å². The van der Waals surface area contributed by atoms with Gasteiger partial charge in [0.05, 0.1) is 22.5 Å². The highest BCUT2D eigenvalue weighted by molar-refractivity contribution is 5.96. The Morgan fingerprint density at radius 2 is 1.91 bits per heavy atom. The quantitative estimate of drug-likeness (QED) is 0.576. The van der Waals surface area contributed by atoms with Crippen LogP contribution in [0.1, 0.15) is 54.9 Å². The van der Waals surface area contributed by atoms with E-state index in [9.17, 15) is 15.2 Å². The first-order valence-corrected chi connectivity index (χ1v) is 11.9. The zero-order chi connectivity index (χ0) is 23.2. The van der Waals surface area contributed by atoms with Crippen molar-refractivity contribution in [3.63, 3.8) is 0 Å². The predicted octanol–water partition coefficient (Wildman–Crippen LogP) is 4.28. The number of aromatic carboxylic acids is 1. The Hall–Kier alpha value is -3.31. The summed E-state index contributed by atoms with van der Waals surface area (Å²) >= 11 is 0. The number of pyridine rings is 1. The highest BCUT2D eigenvalue weighted by Crippen LogP contribution is 2.29. The summed E-state index contributed by atoms with van der Waals surface area (Å²) in [6.07, 6.45) is 7.36. The minimum Gasteiger partial charge on any atom is -0.478 e. The average molecular weight is 449 g/mol. The molecular weight excluding hydrogens is 416 g/mol. The van der Waals surface area contributed by atoms with Crippen LogP contribution < -0.4 is 15.5 Å². The lowest BCUT2D eigenvalue weighted by atomic mass is 9.95. The maximum absolute atomic E-state index is 12.0. The van der Waals surface area contributed by atoms with Gasteiger partial charge in [0, 0.05) is 50.2 Å². The van der Waals surface area contributed by atoms with E-state index in [2.05, 4.69) is 38.4 Å². The molecular formula is C25H32N6O2. The summed E-state index contributed by atoms with van der Waals surface area (Å²) in [4.78, 5) is 21.0. The number of benzene rings is 1. The van der Waals surface area contributed by atoms with Crippen molar-refractivity contribution in [3.8, 4) is 6.07 Å². The second kappa shape index (κ2) is 10.5. The molecule has 2 fully saturated rings. The molecule has 0 unspecified atom stereocenters. The number of nitriles is 1. The Bertz CT molecular complexity index is 1020. The van der Waals surface area contributed by atoms with E-state index in [1.165, 1.54) is 25.5 Å². The number of hydrogen-bond donors (Lipinski definition) is 3. The molecule has 0 amide bonds. The Morgan fingerprint density at radius 3 is 2.58 bits per heavy atom. The summed E-state index contributed by atoms with van der Waals surface area (Å²) in [5.74, 6) is -0.472. The molecule has 0 spiro atoms. The summed E-state index contributed by atoms with van der Waals surface area (Å²) in [5.41, 5.74) is 2.84. The van der Waals surface area contributed by atoms with Crippen molar-refractivity contribution in [2.45, 2.75) is 45.1 Å². The third-order valence-corrected chi connectivity index (χ3v) is 6.67. The topological polar surface area (TPSA) is 105 Å². The largest absolute Gasteiger partial charge is 0.478 e. The van der Waals surface area contributed by atoms with Crippen LogP contribution in [-0.2, 0) is 0 Å². The van der Waals surface area contributed by atoms with Crippen molar-refractivity contribution in [1.29, 1.82) is 5.26 Å². The lowest BCUT2D eigenvalue weighted by Crippen LogP contribution is -2.46. The Balaban J connectivity index is 1.53. The molecule has 1 saturated heterocycles. The van der Waals surface area contributed by atoms with Gasteiger partial charge in [-0.2, -0.15) is 5.26 Å². The van der Waals surface area contributed by atoms with E-state index in [-0.39, 0.29) is 5.56 Å². The summed E-state index contributed by atoms with van der Waals surface area (Å²) < 4.78 is 0. The van der Waals surface area contributed by atoms with Gasteiger partial charge in [-0.05, 0) is 37.6 Å². The fourth-order valence-electron chi connectivity index (χ4n) is 4.67. The van der Waals surface area contributed by atoms with E-state index in [1.807, 2.05) is 6.07 Å². The van der Waals surface area contributed by atoms with E-state index >= 15 is 0 Å². The zero-order valence-electron chi connectivity index (χ0n) is 19.2. The molecule has 33 heavy (non-hydrogen) atoms. The summed E-state index contributed by atoms with van der Waals surface area (Å²) in [5, 5.41) is 26.0. The number of rotatable bonds is 7. The first kappa shape index (κ1) is 22.9. The molecule has 8 nitrogen and oxygen atoms in total. The molecule has 2 heterocycles. The number of likely N-dealkylation sites (N-methyl/N-ethyl adjacent to an activating group) is 1. The van der Waals surface area contributed by atoms with Crippen molar-refractivity contribution in [1.82, 2.24) is 9.88 Å². The van der Waals surface area contributed by atoms with Crippen molar-refractivity contribution < 1.29 is 9.90 Å². The van der Waals surface area contributed by atoms with Crippen LogP contribution in [0.4, 0.5) is 22.9 Å². The number of nitrogens with zero attached hydrogens (tertiary/aromatic N) is 4. The monoisotopic (exact) mass is 448 g/mol. The van der Waals surface area contributed by atoms with Gasteiger partial charge in [0.2, 0.25) is 0 Å². The summed E-state index contributed by atoms with van der Waals surface area (Å²) in [7, 11) is 0. The third-order valence-electron chi connectivity index (χ3n) is 6.67. The van der Waals surface area contributed by atoms with E-state index < -0.39 is 5.97 Å². The maximum atomic E-state index is 12.0. The van der Waals surface area contributed by atoms with Crippen LogP contribution in [0.25, 0.3) is 0 Å². The molecule has 0 bridgehead atoms. The van der Waals surface area contributed by atoms with Gasteiger partial charge in [-0.3, -0.25) is 0 Å². The molecule has 1 aliphatic carbocycles. The summed E-state index contributed by atoms with van der Waals surface area (Å²) in [6, 6.07) is 9.85. The highest BCUT2D eigenvalue weighted by Gasteiger charge is 2.20. The normalized spacial score (nSPS) is 17.4. The SMILES string of the molecule is CCN1CCN(c2ccc(Nc3cc(NC4CCCCC4)c(C#N)cn3)c(C(=O)O)c2)CC1. The minimum absolute atomic E-state index is 0.207. The van der Waals surface area contributed by atoms with Crippen LogP contribution in [-0.4, -0.2) is 59.7 Å². The van der Waals surface area contributed by atoms with Crippen LogP contribution in [0.3, 0.4) is 0 Å². The predicted molar refractivity (Wildman–Crippen MR) is 130 cm³/mol. The molecule has 1 aromatic carbocycles. The minimum atomic E-state index is -0.985. The second-order valence-electron chi connectivity index (χ2n) is 8.79. The molecule has 1 aliphatic heterocycles. The fraction of sp³-hybridized carbons (Fsp3) is 0.480. The second-order valence-corrected chi connectivity index (χ2v) is 8.79. The van der Waals surface area contributed by atoms with Gasteiger partial charge in [0.15, 0.2) is 0 Å². The van der Waals surface area contributed by atoms with Crippen LogP contribution in [0, 0.1) is 11.3 Å². The molecule has 4 rings (SSSR count). The molecule has 8 heteroatoms. The first-order chi connectivity index (χ1) is 16.1. The molecule has 0 radical (unpaired) electrons. The van der Waals surface area contributed by atoms with Gasteiger partial charge >= 0.3 is 5.97 Å². The lowest BCUT2D eigenvalue weighted by Gasteiger charge is -2.35. The van der Waals surface area contributed by atoms with E-state index in [0.29, 0.717) is 23.1 Å². The number of nitrogens with one attached hydrogen (secondary N) is 2. The van der Waals surface area contributed by atoms with Crippen LogP contribution >= 0.6 is 0 Å². The molecule has 1 aromatic heterocycles. The Labute approximate surface area is 195 Å². The molecule has 3 N–H and O–H groups in total. The van der Waals surface area contributed by atoms with E-state index in [0.717, 1.165) is 56.9 Å². The molecule has 2 aliphatic rings. The highest BCUT2D eigenvalue weighted by atomic mass is 16.4. The van der Waals surface area contributed by atoms with E-state index in [4.69, 9.17) is 0 Å². The van der Waals surface area contributed by atoms with Gasteiger partial charge in [-0.25, -0.2) is 9.78 Å². The van der Waals surface area contributed by atoms with Gasteiger partial charge in [-0.15, -0.1) is 0 Å². The third kappa shape index (κ3) is 5.55. The maximum Gasteiger partial charge on any atom is 0.337 e.